The van der Waals surface area contributed by atoms with Crippen LogP contribution in [0.1, 0.15) is 5.56 Å². The molecule has 0 bridgehead atoms. The SMILES string of the molecule is C(=Nn1cnnc1)C1=C(c2ccccc2)Oc2ccccc2O1. The van der Waals surface area contributed by atoms with E-state index in [-0.39, 0.29) is 0 Å². The van der Waals surface area contributed by atoms with Gasteiger partial charge in [-0.1, -0.05) is 42.5 Å². The molecule has 0 N–H and O–H groups in total. The van der Waals surface area contributed by atoms with Gasteiger partial charge in [-0.15, -0.1) is 10.2 Å². The van der Waals surface area contributed by atoms with Gasteiger partial charge in [0.05, 0.1) is 6.21 Å². The normalized spacial score (nSPS) is 13.6. The van der Waals surface area contributed by atoms with E-state index < -0.39 is 0 Å². The van der Waals surface area contributed by atoms with E-state index in [0.717, 1.165) is 5.56 Å². The second-order valence-corrected chi connectivity index (χ2v) is 4.80. The van der Waals surface area contributed by atoms with Crippen molar-refractivity contribution < 1.29 is 9.47 Å². The summed E-state index contributed by atoms with van der Waals surface area (Å²) < 4.78 is 13.5. The highest BCUT2D eigenvalue weighted by Crippen LogP contribution is 2.37. The van der Waals surface area contributed by atoms with E-state index in [1.165, 1.54) is 17.3 Å². The molecule has 1 aromatic heterocycles. The van der Waals surface area contributed by atoms with Gasteiger partial charge < -0.3 is 9.47 Å². The summed E-state index contributed by atoms with van der Waals surface area (Å²) in [6.45, 7) is 0. The van der Waals surface area contributed by atoms with Crippen LogP contribution in [0.3, 0.4) is 0 Å². The zero-order valence-corrected chi connectivity index (χ0v) is 12.0. The first kappa shape index (κ1) is 13.3. The Kier molecular flexibility index (Phi) is 3.32. The summed E-state index contributed by atoms with van der Waals surface area (Å²) in [4.78, 5) is 0. The van der Waals surface area contributed by atoms with Crippen molar-refractivity contribution >= 4 is 12.0 Å². The number of para-hydroxylation sites is 2. The molecule has 0 amide bonds. The number of nitrogens with zero attached hydrogens (tertiary/aromatic N) is 4. The molecule has 0 saturated heterocycles. The van der Waals surface area contributed by atoms with Crippen molar-refractivity contribution in [1.29, 1.82) is 0 Å². The molecule has 23 heavy (non-hydrogen) atoms. The second kappa shape index (κ2) is 5.76. The van der Waals surface area contributed by atoms with Crippen LogP contribution in [0.4, 0.5) is 0 Å². The topological polar surface area (TPSA) is 61.5 Å². The molecule has 6 nitrogen and oxygen atoms in total. The summed E-state index contributed by atoms with van der Waals surface area (Å²) in [6.07, 6.45) is 4.58. The highest BCUT2D eigenvalue weighted by Gasteiger charge is 2.21. The summed E-state index contributed by atoms with van der Waals surface area (Å²) in [5, 5.41) is 11.7. The molecule has 0 atom stereocenters. The Labute approximate surface area is 132 Å². The minimum Gasteiger partial charge on any atom is -0.449 e. The molecule has 2 heterocycles. The minimum atomic E-state index is 0.517. The molecule has 2 aromatic carbocycles. The van der Waals surface area contributed by atoms with E-state index in [1.54, 1.807) is 6.21 Å². The maximum atomic E-state index is 6.02. The Bertz CT molecular complexity index is 871. The lowest BCUT2D eigenvalue weighted by atomic mass is 10.1. The fourth-order valence-electron chi connectivity index (χ4n) is 2.19. The Morgan fingerprint density at radius 1 is 0.826 bits per heavy atom. The molecule has 0 fully saturated rings. The van der Waals surface area contributed by atoms with Crippen LogP contribution in [0.2, 0.25) is 0 Å². The van der Waals surface area contributed by atoms with E-state index in [9.17, 15) is 0 Å². The van der Waals surface area contributed by atoms with Gasteiger partial charge in [0.25, 0.3) is 0 Å². The molecule has 0 aliphatic carbocycles. The molecule has 1 aliphatic rings. The smallest absolute Gasteiger partial charge is 0.190 e. The number of benzene rings is 2. The van der Waals surface area contributed by atoms with Crippen LogP contribution in [0.15, 0.2) is 78.1 Å². The predicted octanol–water partition coefficient (Wildman–Crippen LogP) is 2.95. The third kappa shape index (κ3) is 2.69. The van der Waals surface area contributed by atoms with Gasteiger partial charge in [-0.2, -0.15) is 5.10 Å². The first-order chi connectivity index (χ1) is 11.4. The maximum absolute atomic E-state index is 6.02. The van der Waals surface area contributed by atoms with Crippen molar-refractivity contribution in [2.75, 3.05) is 0 Å². The number of hydrogen-bond acceptors (Lipinski definition) is 5. The van der Waals surface area contributed by atoms with Crippen LogP contribution in [0, 0.1) is 0 Å². The highest BCUT2D eigenvalue weighted by molar-refractivity contribution is 5.89. The molecular weight excluding hydrogens is 292 g/mol. The summed E-state index contributed by atoms with van der Waals surface area (Å²) in [7, 11) is 0. The van der Waals surface area contributed by atoms with Crippen LogP contribution in [0.5, 0.6) is 11.5 Å². The zero-order chi connectivity index (χ0) is 15.5. The second-order valence-electron chi connectivity index (χ2n) is 4.80. The molecule has 0 saturated carbocycles. The zero-order valence-electron chi connectivity index (χ0n) is 12.0. The summed E-state index contributed by atoms with van der Waals surface area (Å²) in [6, 6.07) is 17.3. The molecule has 3 aromatic rings. The number of ether oxygens (including phenoxy) is 2. The largest absolute Gasteiger partial charge is 0.449 e. The first-order valence-corrected chi connectivity index (χ1v) is 7.03. The van der Waals surface area contributed by atoms with Crippen molar-refractivity contribution in [2.24, 2.45) is 5.10 Å². The minimum absolute atomic E-state index is 0.517. The molecule has 0 spiro atoms. The van der Waals surface area contributed by atoms with Crippen LogP contribution < -0.4 is 9.47 Å². The summed E-state index contributed by atoms with van der Waals surface area (Å²) in [5.74, 6) is 2.45. The highest BCUT2D eigenvalue weighted by atomic mass is 16.6. The molecule has 1 aliphatic heterocycles. The summed E-state index contributed by atoms with van der Waals surface area (Å²) in [5.41, 5.74) is 0.909. The monoisotopic (exact) mass is 304 g/mol. The maximum Gasteiger partial charge on any atom is 0.190 e. The fraction of sp³-hybridized carbons (Fsp3) is 0. The lowest BCUT2D eigenvalue weighted by Crippen LogP contribution is -2.12. The quantitative estimate of drug-likeness (QED) is 0.698. The van der Waals surface area contributed by atoms with Gasteiger partial charge in [0.15, 0.2) is 23.0 Å². The van der Waals surface area contributed by atoms with E-state index >= 15 is 0 Å². The standard InChI is InChI=1S/C17H12N4O2/c1-2-6-13(7-3-1)17-16(10-20-21-11-18-19-12-21)22-14-8-4-5-9-15(14)23-17/h1-12H. The Morgan fingerprint density at radius 2 is 1.48 bits per heavy atom. The van der Waals surface area contributed by atoms with E-state index in [2.05, 4.69) is 15.3 Å². The number of aromatic nitrogens is 3. The van der Waals surface area contributed by atoms with Crippen molar-refractivity contribution in [3.05, 3.63) is 78.6 Å². The molecule has 112 valence electrons. The van der Waals surface area contributed by atoms with Gasteiger partial charge in [-0.3, -0.25) is 0 Å². The van der Waals surface area contributed by atoms with Crippen molar-refractivity contribution in [1.82, 2.24) is 14.9 Å². The van der Waals surface area contributed by atoms with Crippen molar-refractivity contribution in [2.45, 2.75) is 0 Å². The van der Waals surface area contributed by atoms with Gasteiger partial charge >= 0.3 is 0 Å². The fourth-order valence-corrected chi connectivity index (χ4v) is 2.19. The molecule has 4 rings (SSSR count). The number of allylic oxidation sites excluding steroid dienone is 1. The first-order valence-electron chi connectivity index (χ1n) is 7.03. The van der Waals surface area contributed by atoms with E-state index in [4.69, 9.17) is 9.47 Å². The lowest BCUT2D eigenvalue weighted by molar-refractivity contribution is 0.367. The average Bonchev–Trinajstić information content (AvgIpc) is 3.13. The van der Waals surface area contributed by atoms with E-state index in [1.807, 2.05) is 54.6 Å². The number of rotatable bonds is 3. The Hall–Kier alpha value is -3.41. The summed E-state index contributed by atoms with van der Waals surface area (Å²) >= 11 is 0. The predicted molar refractivity (Wildman–Crippen MR) is 85.0 cm³/mol. The van der Waals surface area contributed by atoms with Crippen LogP contribution in [0.25, 0.3) is 5.76 Å². The van der Waals surface area contributed by atoms with Gasteiger partial charge in [0.2, 0.25) is 0 Å². The van der Waals surface area contributed by atoms with Crippen LogP contribution >= 0.6 is 0 Å². The van der Waals surface area contributed by atoms with Gasteiger partial charge in [-0.25, -0.2) is 4.68 Å². The van der Waals surface area contributed by atoms with Crippen molar-refractivity contribution in [3.63, 3.8) is 0 Å². The molecule has 6 heteroatoms. The number of fused-ring (bicyclic) bond motifs is 1. The van der Waals surface area contributed by atoms with E-state index in [0.29, 0.717) is 23.0 Å². The molecular formula is C17H12N4O2. The molecule has 0 unspecified atom stereocenters. The van der Waals surface area contributed by atoms with Gasteiger partial charge in [0.1, 0.15) is 12.7 Å². The van der Waals surface area contributed by atoms with Crippen LogP contribution in [-0.4, -0.2) is 21.1 Å². The Morgan fingerprint density at radius 3 is 2.22 bits per heavy atom. The Balaban J connectivity index is 1.77. The average molecular weight is 304 g/mol. The lowest BCUT2D eigenvalue weighted by Gasteiger charge is -2.21. The van der Waals surface area contributed by atoms with Gasteiger partial charge in [0, 0.05) is 5.56 Å². The van der Waals surface area contributed by atoms with Crippen LogP contribution in [-0.2, 0) is 0 Å². The number of hydrogen-bond donors (Lipinski definition) is 0. The van der Waals surface area contributed by atoms with Gasteiger partial charge in [-0.05, 0) is 12.1 Å². The van der Waals surface area contributed by atoms with Crippen molar-refractivity contribution in [3.8, 4) is 11.5 Å². The molecule has 0 radical (unpaired) electrons. The third-order valence-electron chi connectivity index (χ3n) is 3.26. The third-order valence-corrected chi connectivity index (χ3v) is 3.26.